The highest BCUT2D eigenvalue weighted by Gasteiger charge is 2.19. The number of carbonyl (C=O) groups is 2. The molecule has 0 saturated heterocycles. The first-order valence-corrected chi connectivity index (χ1v) is 9.11. The van der Waals surface area contributed by atoms with E-state index in [0.717, 1.165) is 35.4 Å². The molecule has 0 bridgehead atoms. The first-order chi connectivity index (χ1) is 13.7. The molecule has 0 aliphatic carbocycles. The monoisotopic (exact) mass is 372 g/mol. The Morgan fingerprint density at radius 1 is 1.07 bits per heavy atom. The van der Waals surface area contributed by atoms with Gasteiger partial charge in [-0.3, -0.25) is 9.59 Å². The van der Waals surface area contributed by atoms with Crippen LogP contribution >= 0.6 is 0 Å². The van der Waals surface area contributed by atoms with Crippen molar-refractivity contribution in [2.45, 2.75) is 6.54 Å². The Balaban J connectivity index is 1.65. The first-order valence-electron chi connectivity index (χ1n) is 9.11. The predicted octanol–water partition coefficient (Wildman–Crippen LogP) is 3.66. The Morgan fingerprint density at radius 3 is 2.61 bits per heavy atom. The lowest BCUT2D eigenvalue weighted by molar-refractivity contribution is 0.1000. The van der Waals surface area contributed by atoms with Crippen LogP contribution in [0.2, 0.25) is 0 Å². The molecule has 2 N–H and O–H groups in total. The maximum atomic E-state index is 11.3. The molecule has 1 amide bonds. The summed E-state index contributed by atoms with van der Waals surface area (Å²) in [5.74, 6) is 0.304. The van der Waals surface area contributed by atoms with Gasteiger partial charge >= 0.3 is 0 Å². The number of nitrogens with two attached hydrogens (primary N) is 1. The minimum absolute atomic E-state index is 0.431. The highest BCUT2D eigenvalue weighted by atomic mass is 16.5. The molecular formula is C23H20N2O3. The lowest BCUT2D eigenvalue weighted by Gasteiger charge is -2.32. The second-order valence-corrected chi connectivity index (χ2v) is 6.71. The Kier molecular flexibility index (Phi) is 4.81. The van der Waals surface area contributed by atoms with Gasteiger partial charge in [0.1, 0.15) is 18.6 Å². The number of hydrogen-bond donors (Lipinski definition) is 1. The first kappa shape index (κ1) is 17.8. The van der Waals surface area contributed by atoms with Crippen molar-refractivity contribution in [1.29, 1.82) is 0 Å². The van der Waals surface area contributed by atoms with Crippen molar-refractivity contribution in [3.05, 3.63) is 83.4 Å². The number of amides is 1. The average molecular weight is 372 g/mol. The molecule has 5 heteroatoms. The second kappa shape index (κ2) is 7.56. The van der Waals surface area contributed by atoms with Gasteiger partial charge in [0.25, 0.3) is 0 Å². The van der Waals surface area contributed by atoms with Crippen molar-refractivity contribution in [2.75, 3.05) is 18.1 Å². The summed E-state index contributed by atoms with van der Waals surface area (Å²) in [5.41, 5.74) is 10.7. The molecule has 0 aromatic heterocycles. The number of aldehydes is 1. The van der Waals surface area contributed by atoms with E-state index in [1.807, 2.05) is 36.4 Å². The largest absolute Gasteiger partial charge is 0.490 e. The fourth-order valence-corrected chi connectivity index (χ4v) is 3.49. The molecule has 3 aromatic rings. The molecule has 1 heterocycles. The van der Waals surface area contributed by atoms with Crippen LogP contribution in [0.15, 0.2) is 66.7 Å². The second-order valence-electron chi connectivity index (χ2n) is 6.71. The van der Waals surface area contributed by atoms with Gasteiger partial charge in [0.15, 0.2) is 0 Å². The minimum atomic E-state index is -0.431. The molecule has 1 aliphatic rings. The summed E-state index contributed by atoms with van der Waals surface area (Å²) >= 11 is 0. The van der Waals surface area contributed by atoms with Crippen molar-refractivity contribution in [2.24, 2.45) is 5.73 Å². The molecule has 0 radical (unpaired) electrons. The predicted molar refractivity (Wildman–Crippen MR) is 109 cm³/mol. The van der Waals surface area contributed by atoms with Crippen LogP contribution in [-0.2, 0) is 6.54 Å². The Bertz CT molecular complexity index is 1030. The number of nitrogens with zero attached hydrogens (tertiary/aromatic N) is 1. The molecule has 0 saturated carbocycles. The number of fused-ring (bicyclic) bond motifs is 1. The molecule has 0 atom stereocenters. The fourth-order valence-electron chi connectivity index (χ4n) is 3.49. The summed E-state index contributed by atoms with van der Waals surface area (Å²) in [7, 11) is 0. The molecule has 4 rings (SSSR count). The van der Waals surface area contributed by atoms with Crippen LogP contribution in [0.25, 0.3) is 11.1 Å². The van der Waals surface area contributed by atoms with Gasteiger partial charge < -0.3 is 15.4 Å². The average Bonchev–Trinajstić information content (AvgIpc) is 2.74. The van der Waals surface area contributed by atoms with E-state index in [1.54, 1.807) is 18.2 Å². The maximum absolute atomic E-state index is 11.3. The lowest BCUT2D eigenvalue weighted by Crippen LogP contribution is -2.32. The van der Waals surface area contributed by atoms with E-state index in [1.165, 1.54) is 5.56 Å². The van der Waals surface area contributed by atoms with Crippen LogP contribution in [-0.4, -0.2) is 25.3 Å². The van der Waals surface area contributed by atoms with Crippen molar-refractivity contribution in [1.82, 2.24) is 0 Å². The standard InChI is InChI=1S/C23H20N2O3/c24-23(27)18-8-6-17(7-9-18)20-4-2-1-3-19(20)14-25-11-12-28-22-13-16(15-26)5-10-21(22)25/h1-10,13,15H,11-12,14H2,(H2,24,27). The minimum Gasteiger partial charge on any atom is -0.490 e. The highest BCUT2D eigenvalue weighted by Crippen LogP contribution is 2.34. The van der Waals surface area contributed by atoms with E-state index < -0.39 is 5.91 Å². The molecule has 140 valence electrons. The SMILES string of the molecule is NC(=O)c1ccc(-c2ccccc2CN2CCOc3cc(C=O)ccc32)cc1. The van der Waals surface area contributed by atoms with Crippen molar-refractivity contribution >= 4 is 17.9 Å². The molecule has 5 nitrogen and oxygen atoms in total. The van der Waals surface area contributed by atoms with Gasteiger partial charge in [0, 0.05) is 17.7 Å². The smallest absolute Gasteiger partial charge is 0.248 e. The number of benzene rings is 3. The quantitative estimate of drug-likeness (QED) is 0.694. The van der Waals surface area contributed by atoms with Crippen molar-refractivity contribution < 1.29 is 14.3 Å². The third-order valence-electron chi connectivity index (χ3n) is 4.94. The van der Waals surface area contributed by atoms with E-state index in [-0.39, 0.29) is 0 Å². The zero-order valence-corrected chi connectivity index (χ0v) is 15.3. The van der Waals surface area contributed by atoms with E-state index in [0.29, 0.717) is 24.3 Å². The zero-order valence-electron chi connectivity index (χ0n) is 15.3. The van der Waals surface area contributed by atoms with Crippen molar-refractivity contribution in [3.8, 4) is 16.9 Å². The van der Waals surface area contributed by atoms with E-state index >= 15 is 0 Å². The highest BCUT2D eigenvalue weighted by molar-refractivity contribution is 5.93. The summed E-state index contributed by atoms with van der Waals surface area (Å²) < 4.78 is 5.74. The van der Waals surface area contributed by atoms with Gasteiger partial charge in [0.05, 0.1) is 12.2 Å². The third kappa shape index (κ3) is 3.47. The topological polar surface area (TPSA) is 72.6 Å². The normalized spacial score (nSPS) is 12.8. The summed E-state index contributed by atoms with van der Waals surface area (Å²) in [4.78, 5) is 24.6. The van der Waals surface area contributed by atoms with Gasteiger partial charge in [-0.25, -0.2) is 0 Å². The van der Waals surface area contributed by atoms with Crippen LogP contribution in [0.5, 0.6) is 5.75 Å². The number of ether oxygens (including phenoxy) is 1. The molecule has 0 unspecified atom stereocenters. The molecule has 0 spiro atoms. The van der Waals surface area contributed by atoms with Crippen molar-refractivity contribution in [3.63, 3.8) is 0 Å². The molecule has 28 heavy (non-hydrogen) atoms. The van der Waals surface area contributed by atoms with Crippen LogP contribution in [0, 0.1) is 0 Å². The molecule has 1 aliphatic heterocycles. The van der Waals surface area contributed by atoms with Crippen LogP contribution in [0.4, 0.5) is 5.69 Å². The number of carbonyl (C=O) groups excluding carboxylic acids is 2. The Hall–Kier alpha value is -3.60. The van der Waals surface area contributed by atoms with Gasteiger partial charge in [0.2, 0.25) is 5.91 Å². The summed E-state index contributed by atoms with van der Waals surface area (Å²) in [6.45, 7) is 2.05. The van der Waals surface area contributed by atoms with Crippen LogP contribution in [0.1, 0.15) is 26.3 Å². The molecule has 3 aromatic carbocycles. The molecular weight excluding hydrogens is 352 g/mol. The summed E-state index contributed by atoms with van der Waals surface area (Å²) in [6, 6.07) is 21.1. The third-order valence-corrected chi connectivity index (χ3v) is 4.94. The summed E-state index contributed by atoms with van der Waals surface area (Å²) in [5, 5.41) is 0. The Morgan fingerprint density at radius 2 is 1.86 bits per heavy atom. The van der Waals surface area contributed by atoms with Crippen LogP contribution in [0.3, 0.4) is 0 Å². The summed E-state index contributed by atoms with van der Waals surface area (Å²) in [6.07, 6.45) is 0.827. The number of primary amides is 1. The van der Waals surface area contributed by atoms with Crippen LogP contribution < -0.4 is 15.4 Å². The van der Waals surface area contributed by atoms with E-state index in [9.17, 15) is 9.59 Å². The number of rotatable bonds is 5. The van der Waals surface area contributed by atoms with E-state index in [4.69, 9.17) is 10.5 Å². The van der Waals surface area contributed by atoms with Gasteiger partial charge in [-0.05, 0) is 47.0 Å². The maximum Gasteiger partial charge on any atom is 0.248 e. The zero-order chi connectivity index (χ0) is 19.5. The van der Waals surface area contributed by atoms with Gasteiger partial charge in [-0.1, -0.05) is 36.4 Å². The molecule has 0 fully saturated rings. The lowest BCUT2D eigenvalue weighted by atomic mass is 9.98. The Labute approximate surface area is 163 Å². The van der Waals surface area contributed by atoms with Gasteiger partial charge in [-0.15, -0.1) is 0 Å². The van der Waals surface area contributed by atoms with Gasteiger partial charge in [-0.2, -0.15) is 0 Å². The number of hydrogen-bond acceptors (Lipinski definition) is 4. The van der Waals surface area contributed by atoms with E-state index in [2.05, 4.69) is 17.0 Å². The fraction of sp³-hybridized carbons (Fsp3) is 0.130. The number of anilines is 1.